The third kappa shape index (κ3) is 5.44. The number of anilines is 1. The molecule has 5 aromatic rings. The second kappa shape index (κ2) is 11.7. The Morgan fingerprint density at radius 1 is 0.800 bits per heavy atom. The van der Waals surface area contributed by atoms with E-state index in [1.807, 2.05) is 91.0 Å². The number of nitrogens with one attached hydrogen (secondary N) is 1. The summed E-state index contributed by atoms with van der Waals surface area (Å²) in [4.78, 5) is 13.4. The normalized spacial score (nSPS) is 11.9. The molecule has 0 aliphatic heterocycles. The molecule has 0 spiro atoms. The van der Waals surface area contributed by atoms with Crippen LogP contribution in [-0.4, -0.2) is 11.0 Å². The Hall–Kier alpha value is -4.55. The fourth-order valence-corrected chi connectivity index (χ4v) is 5.39. The fraction of sp³-hybridized carbons (Fsp3) is 0.206. The van der Waals surface area contributed by atoms with E-state index < -0.39 is 5.91 Å². The topological polar surface area (TPSA) is 100 Å². The molecule has 4 N–H and O–H groups in total. The summed E-state index contributed by atoms with van der Waals surface area (Å²) in [7, 11) is 0. The van der Waals surface area contributed by atoms with Crippen LogP contribution in [0.15, 0.2) is 107 Å². The van der Waals surface area contributed by atoms with Crippen LogP contribution in [0.1, 0.15) is 55.5 Å². The number of phenolic OH excluding ortho intramolecular Hbond substituents is 1. The van der Waals surface area contributed by atoms with Gasteiger partial charge in [0.1, 0.15) is 5.69 Å². The SMILES string of the molecule is CCCC(N)(CCC)c1ccc(N=Nc2c(O)c(C(=O)Nc3cccc4ccccc34)cc3ccccc23)cc1. The average molecular weight is 531 g/mol. The monoisotopic (exact) mass is 530 g/mol. The molecule has 0 aliphatic rings. The molecule has 0 unspecified atom stereocenters. The van der Waals surface area contributed by atoms with Gasteiger partial charge in [-0.05, 0) is 53.4 Å². The first-order valence-corrected chi connectivity index (χ1v) is 13.8. The highest BCUT2D eigenvalue weighted by Crippen LogP contribution is 2.40. The summed E-state index contributed by atoms with van der Waals surface area (Å²) in [5, 5.41) is 26.5. The molecule has 5 aromatic carbocycles. The molecule has 0 aliphatic carbocycles. The summed E-state index contributed by atoms with van der Waals surface area (Å²) in [5.41, 5.74) is 9.13. The predicted octanol–water partition coefficient (Wildman–Crippen LogP) is 9.12. The zero-order valence-electron chi connectivity index (χ0n) is 22.9. The molecule has 0 fully saturated rings. The third-order valence-corrected chi connectivity index (χ3v) is 7.38. The Balaban J connectivity index is 1.48. The minimum atomic E-state index is -0.424. The summed E-state index contributed by atoms with van der Waals surface area (Å²) in [6, 6.07) is 30.5. The molecule has 0 atom stereocenters. The Labute approximate surface area is 234 Å². The lowest BCUT2D eigenvalue weighted by molar-refractivity contribution is 0.102. The average Bonchev–Trinajstić information content (AvgIpc) is 2.97. The lowest BCUT2D eigenvalue weighted by atomic mass is 9.83. The van der Waals surface area contributed by atoms with Gasteiger partial charge in [0.2, 0.25) is 0 Å². The van der Waals surface area contributed by atoms with Crippen molar-refractivity contribution in [3.63, 3.8) is 0 Å². The zero-order chi connectivity index (χ0) is 28.1. The molecule has 1 amide bonds. The summed E-state index contributed by atoms with van der Waals surface area (Å²) in [6.45, 7) is 4.29. The van der Waals surface area contributed by atoms with E-state index in [-0.39, 0.29) is 22.5 Å². The molecular weight excluding hydrogens is 496 g/mol. The van der Waals surface area contributed by atoms with Gasteiger partial charge in [-0.2, -0.15) is 5.11 Å². The molecular formula is C34H34N4O2. The molecule has 6 heteroatoms. The van der Waals surface area contributed by atoms with E-state index in [9.17, 15) is 9.90 Å². The van der Waals surface area contributed by atoms with Crippen LogP contribution < -0.4 is 11.1 Å². The second-order valence-electron chi connectivity index (χ2n) is 10.2. The number of hydrogen-bond acceptors (Lipinski definition) is 5. The van der Waals surface area contributed by atoms with Crippen LogP contribution in [0.4, 0.5) is 17.1 Å². The number of carbonyl (C=O) groups is 1. The van der Waals surface area contributed by atoms with Gasteiger partial charge < -0.3 is 16.2 Å². The predicted molar refractivity (Wildman–Crippen MR) is 164 cm³/mol. The highest BCUT2D eigenvalue weighted by Gasteiger charge is 2.25. The first-order valence-electron chi connectivity index (χ1n) is 13.8. The van der Waals surface area contributed by atoms with Crippen LogP contribution in [0.3, 0.4) is 0 Å². The van der Waals surface area contributed by atoms with Crippen molar-refractivity contribution in [2.75, 3.05) is 5.32 Å². The minimum absolute atomic E-state index is 0.128. The van der Waals surface area contributed by atoms with Gasteiger partial charge in [-0.1, -0.05) is 99.5 Å². The van der Waals surface area contributed by atoms with Gasteiger partial charge in [0.25, 0.3) is 5.91 Å². The van der Waals surface area contributed by atoms with E-state index >= 15 is 0 Å². The van der Waals surface area contributed by atoms with Crippen molar-refractivity contribution < 1.29 is 9.90 Å². The lowest BCUT2D eigenvalue weighted by Gasteiger charge is -2.29. The number of fused-ring (bicyclic) bond motifs is 2. The van der Waals surface area contributed by atoms with E-state index in [4.69, 9.17) is 5.73 Å². The standard InChI is InChI=1S/C34H34N4O2/c1-3-20-34(35,21-4-2)25-16-18-26(19-17-25)37-38-31-28-14-8-6-11-24(28)22-29(32(31)39)33(40)36-30-15-9-12-23-10-5-7-13-27(23)30/h5-19,22,39H,3-4,20-21,35H2,1-2H3,(H,36,40). The smallest absolute Gasteiger partial charge is 0.259 e. The number of benzene rings is 5. The van der Waals surface area contributed by atoms with Crippen LogP contribution in [-0.2, 0) is 5.54 Å². The van der Waals surface area contributed by atoms with E-state index in [1.165, 1.54) is 0 Å². The van der Waals surface area contributed by atoms with Gasteiger partial charge in [-0.15, -0.1) is 5.11 Å². The molecule has 202 valence electrons. The molecule has 40 heavy (non-hydrogen) atoms. The highest BCUT2D eigenvalue weighted by atomic mass is 16.3. The molecule has 6 nitrogen and oxygen atoms in total. The number of nitrogens with two attached hydrogens (primary N) is 1. The number of phenols is 1. The zero-order valence-corrected chi connectivity index (χ0v) is 22.9. The maximum absolute atomic E-state index is 13.4. The Morgan fingerprint density at radius 3 is 2.12 bits per heavy atom. The molecule has 0 saturated heterocycles. The first kappa shape index (κ1) is 27.0. The van der Waals surface area contributed by atoms with Gasteiger partial charge in [0, 0.05) is 22.0 Å². The van der Waals surface area contributed by atoms with Gasteiger partial charge in [0.15, 0.2) is 5.75 Å². The van der Waals surface area contributed by atoms with Gasteiger partial charge in [-0.25, -0.2) is 0 Å². The Morgan fingerprint density at radius 2 is 1.43 bits per heavy atom. The van der Waals surface area contributed by atoms with Crippen molar-refractivity contribution in [1.29, 1.82) is 0 Å². The van der Waals surface area contributed by atoms with Gasteiger partial charge in [-0.3, -0.25) is 4.79 Å². The Bertz CT molecular complexity index is 1680. The van der Waals surface area contributed by atoms with Crippen LogP contribution in [0.2, 0.25) is 0 Å². The lowest BCUT2D eigenvalue weighted by Crippen LogP contribution is -2.36. The quantitative estimate of drug-likeness (QED) is 0.166. The molecule has 0 aromatic heterocycles. The van der Waals surface area contributed by atoms with E-state index in [0.717, 1.165) is 47.4 Å². The van der Waals surface area contributed by atoms with Crippen molar-refractivity contribution in [2.24, 2.45) is 16.0 Å². The second-order valence-corrected chi connectivity index (χ2v) is 10.2. The third-order valence-electron chi connectivity index (χ3n) is 7.38. The summed E-state index contributed by atoms with van der Waals surface area (Å²) in [6.07, 6.45) is 3.84. The maximum Gasteiger partial charge on any atom is 0.259 e. The molecule has 5 rings (SSSR count). The van der Waals surface area contributed by atoms with E-state index in [0.29, 0.717) is 16.8 Å². The van der Waals surface area contributed by atoms with Crippen LogP contribution in [0.5, 0.6) is 5.75 Å². The van der Waals surface area contributed by atoms with Crippen LogP contribution >= 0.6 is 0 Å². The van der Waals surface area contributed by atoms with E-state index in [2.05, 4.69) is 29.4 Å². The number of nitrogens with zero attached hydrogens (tertiary/aromatic N) is 2. The van der Waals surface area contributed by atoms with E-state index in [1.54, 1.807) is 6.07 Å². The van der Waals surface area contributed by atoms with Crippen molar-refractivity contribution in [3.8, 4) is 5.75 Å². The fourth-order valence-electron chi connectivity index (χ4n) is 5.39. The number of rotatable bonds is 9. The highest BCUT2D eigenvalue weighted by molar-refractivity contribution is 6.14. The van der Waals surface area contributed by atoms with Gasteiger partial charge in [0.05, 0.1) is 11.3 Å². The summed E-state index contributed by atoms with van der Waals surface area (Å²) < 4.78 is 0. The molecule has 0 saturated carbocycles. The number of carbonyl (C=O) groups excluding carboxylic acids is 1. The number of azo groups is 1. The van der Waals surface area contributed by atoms with Crippen LogP contribution in [0.25, 0.3) is 21.5 Å². The molecule has 0 heterocycles. The molecule has 0 bridgehead atoms. The van der Waals surface area contributed by atoms with Crippen molar-refractivity contribution in [2.45, 2.75) is 45.1 Å². The number of amides is 1. The van der Waals surface area contributed by atoms with Crippen molar-refractivity contribution >= 4 is 44.5 Å². The largest absolute Gasteiger partial charge is 0.505 e. The maximum atomic E-state index is 13.4. The number of aromatic hydroxyl groups is 1. The molecule has 0 radical (unpaired) electrons. The summed E-state index contributed by atoms with van der Waals surface area (Å²) in [5.74, 6) is -0.643. The minimum Gasteiger partial charge on any atom is -0.505 e. The van der Waals surface area contributed by atoms with Crippen molar-refractivity contribution in [3.05, 3.63) is 108 Å². The van der Waals surface area contributed by atoms with Gasteiger partial charge >= 0.3 is 0 Å². The summed E-state index contributed by atoms with van der Waals surface area (Å²) >= 11 is 0. The number of hydrogen-bond donors (Lipinski definition) is 3. The van der Waals surface area contributed by atoms with Crippen LogP contribution in [0, 0.1) is 0 Å². The van der Waals surface area contributed by atoms with Crippen molar-refractivity contribution in [1.82, 2.24) is 0 Å². The Kier molecular flexibility index (Phi) is 7.89. The first-order chi connectivity index (χ1) is 19.4.